The van der Waals surface area contributed by atoms with Gasteiger partial charge in [-0.1, -0.05) is 12.8 Å². The molecule has 4 heteroatoms. The van der Waals surface area contributed by atoms with Gasteiger partial charge in [0.15, 0.2) is 0 Å². The van der Waals surface area contributed by atoms with E-state index in [-0.39, 0.29) is 18.1 Å². The maximum Gasteiger partial charge on any atom is 0.410 e. The van der Waals surface area contributed by atoms with Crippen molar-refractivity contribution in [1.29, 1.82) is 0 Å². The Hall–Kier alpha value is -1.06. The number of hydrogen-bond acceptors (Lipinski definition) is 3. The molecule has 1 amide bonds. The van der Waals surface area contributed by atoms with Gasteiger partial charge in [0.1, 0.15) is 11.4 Å². The smallest absolute Gasteiger partial charge is 0.410 e. The van der Waals surface area contributed by atoms with Crippen LogP contribution in [-0.2, 0) is 9.53 Å². The van der Waals surface area contributed by atoms with E-state index >= 15 is 0 Å². The monoisotopic (exact) mass is 253 g/mol. The number of likely N-dealkylation sites (tertiary alicyclic amines) is 1. The summed E-state index contributed by atoms with van der Waals surface area (Å²) in [5.41, 5.74) is -0.470. The van der Waals surface area contributed by atoms with Crippen LogP contribution in [0.5, 0.6) is 0 Å². The molecule has 0 N–H and O–H groups in total. The molecule has 0 aromatic rings. The fraction of sp³-hybridized carbons (Fsp3) is 0.857. The second-order valence-electron chi connectivity index (χ2n) is 6.35. The molecule has 2 rings (SSSR count). The number of ether oxygens (including phenoxy) is 1. The molecule has 1 saturated heterocycles. The van der Waals surface area contributed by atoms with Crippen molar-refractivity contribution >= 4 is 11.9 Å². The highest BCUT2D eigenvalue weighted by molar-refractivity contribution is 5.84. The molecule has 18 heavy (non-hydrogen) atoms. The van der Waals surface area contributed by atoms with Crippen molar-refractivity contribution in [2.24, 2.45) is 5.92 Å². The Kier molecular flexibility index (Phi) is 3.64. The average Bonchev–Trinajstić information content (AvgIpc) is 2.27. The summed E-state index contributed by atoms with van der Waals surface area (Å²) in [4.78, 5) is 25.9. The fourth-order valence-electron chi connectivity index (χ4n) is 2.99. The van der Waals surface area contributed by atoms with E-state index in [1.54, 1.807) is 4.90 Å². The van der Waals surface area contributed by atoms with Crippen LogP contribution < -0.4 is 0 Å². The predicted molar refractivity (Wildman–Crippen MR) is 68.3 cm³/mol. The van der Waals surface area contributed by atoms with Crippen LogP contribution in [-0.4, -0.2) is 35.0 Å². The SMILES string of the molecule is CC(C)(C)OC(=O)N1CCC(=O)[C@@H]2CCCC[C@H]21. The first-order chi connectivity index (χ1) is 8.38. The van der Waals surface area contributed by atoms with E-state index in [2.05, 4.69) is 0 Å². The van der Waals surface area contributed by atoms with Gasteiger partial charge in [-0.05, 0) is 33.6 Å². The van der Waals surface area contributed by atoms with Crippen LogP contribution in [0.25, 0.3) is 0 Å². The molecule has 1 aliphatic heterocycles. The van der Waals surface area contributed by atoms with Crippen LogP contribution in [0.3, 0.4) is 0 Å². The van der Waals surface area contributed by atoms with Crippen LogP contribution in [0.4, 0.5) is 4.79 Å². The number of fused-ring (bicyclic) bond motifs is 1. The van der Waals surface area contributed by atoms with Crippen LogP contribution in [0.1, 0.15) is 52.9 Å². The zero-order chi connectivity index (χ0) is 13.3. The quantitative estimate of drug-likeness (QED) is 0.667. The predicted octanol–water partition coefficient (Wildman–Crippen LogP) is 2.76. The average molecular weight is 253 g/mol. The Labute approximate surface area is 109 Å². The molecule has 2 aliphatic rings. The van der Waals surface area contributed by atoms with Crippen LogP contribution in [0.15, 0.2) is 0 Å². The lowest BCUT2D eigenvalue weighted by Crippen LogP contribution is -2.54. The van der Waals surface area contributed by atoms with E-state index < -0.39 is 5.60 Å². The summed E-state index contributed by atoms with van der Waals surface area (Å²) >= 11 is 0. The van der Waals surface area contributed by atoms with E-state index in [0.29, 0.717) is 18.7 Å². The van der Waals surface area contributed by atoms with Gasteiger partial charge in [0.05, 0.1) is 0 Å². The third kappa shape index (κ3) is 2.85. The first-order valence-electron chi connectivity index (χ1n) is 6.91. The van der Waals surface area contributed by atoms with E-state index in [9.17, 15) is 9.59 Å². The van der Waals surface area contributed by atoms with Crippen LogP contribution in [0.2, 0.25) is 0 Å². The van der Waals surface area contributed by atoms with Gasteiger partial charge in [0, 0.05) is 24.9 Å². The highest BCUT2D eigenvalue weighted by Gasteiger charge is 2.41. The largest absolute Gasteiger partial charge is 0.444 e. The summed E-state index contributed by atoms with van der Waals surface area (Å²) in [6.07, 6.45) is 4.31. The van der Waals surface area contributed by atoms with Gasteiger partial charge in [0.25, 0.3) is 0 Å². The third-order valence-corrected chi connectivity index (χ3v) is 3.77. The molecular weight excluding hydrogens is 230 g/mol. The van der Waals surface area contributed by atoms with E-state index in [4.69, 9.17) is 4.74 Å². The highest BCUT2D eigenvalue weighted by Crippen LogP contribution is 2.34. The molecule has 0 aromatic carbocycles. The van der Waals surface area contributed by atoms with Crippen LogP contribution >= 0.6 is 0 Å². The van der Waals surface area contributed by atoms with Crippen molar-refractivity contribution in [3.05, 3.63) is 0 Å². The van der Waals surface area contributed by atoms with Gasteiger partial charge in [0.2, 0.25) is 0 Å². The van der Waals surface area contributed by atoms with Crippen molar-refractivity contribution in [3.63, 3.8) is 0 Å². The lowest BCUT2D eigenvalue weighted by molar-refractivity contribution is -0.130. The number of Topliss-reactive ketones (excluding diaryl/α,β-unsaturated/α-hetero) is 1. The Bertz CT molecular complexity index is 345. The van der Waals surface area contributed by atoms with Crippen LogP contribution in [0, 0.1) is 5.92 Å². The molecule has 0 spiro atoms. The number of rotatable bonds is 0. The summed E-state index contributed by atoms with van der Waals surface area (Å²) in [5, 5.41) is 0. The summed E-state index contributed by atoms with van der Waals surface area (Å²) in [6.45, 7) is 6.14. The fourth-order valence-corrected chi connectivity index (χ4v) is 2.99. The van der Waals surface area contributed by atoms with Crippen molar-refractivity contribution in [2.45, 2.75) is 64.5 Å². The van der Waals surface area contributed by atoms with Gasteiger partial charge in [-0.25, -0.2) is 4.79 Å². The summed E-state index contributed by atoms with van der Waals surface area (Å²) in [5.74, 6) is 0.388. The topological polar surface area (TPSA) is 46.6 Å². The zero-order valence-corrected chi connectivity index (χ0v) is 11.6. The maximum atomic E-state index is 12.2. The Morgan fingerprint density at radius 1 is 1.28 bits per heavy atom. The second-order valence-corrected chi connectivity index (χ2v) is 6.35. The molecule has 1 saturated carbocycles. The Morgan fingerprint density at radius 2 is 1.94 bits per heavy atom. The second kappa shape index (κ2) is 4.90. The summed E-state index contributed by atoms with van der Waals surface area (Å²) in [7, 11) is 0. The van der Waals surface area contributed by atoms with Crippen molar-refractivity contribution in [3.8, 4) is 0 Å². The number of carbonyl (C=O) groups is 2. The van der Waals surface area contributed by atoms with Crippen molar-refractivity contribution in [1.82, 2.24) is 4.90 Å². The Balaban J connectivity index is 2.08. The lowest BCUT2D eigenvalue weighted by Gasteiger charge is -2.43. The minimum atomic E-state index is -0.470. The standard InChI is InChI=1S/C14H23NO3/c1-14(2,3)18-13(17)15-9-8-12(16)10-6-4-5-7-11(10)15/h10-11H,4-9H2,1-3H3/t10-,11-/m1/s1. The number of ketones is 1. The first kappa shape index (κ1) is 13.4. The number of piperidine rings is 1. The molecule has 0 bridgehead atoms. The van der Waals surface area contributed by atoms with Crippen molar-refractivity contribution in [2.75, 3.05) is 6.54 Å². The number of hydrogen-bond donors (Lipinski definition) is 0. The molecule has 0 radical (unpaired) electrons. The first-order valence-corrected chi connectivity index (χ1v) is 6.91. The Morgan fingerprint density at radius 3 is 2.61 bits per heavy atom. The van der Waals surface area contributed by atoms with Gasteiger partial charge in [-0.3, -0.25) is 4.79 Å². The molecule has 2 atom stereocenters. The van der Waals surface area contributed by atoms with E-state index in [0.717, 1.165) is 25.7 Å². The minimum absolute atomic E-state index is 0.0556. The maximum absolute atomic E-state index is 12.2. The molecule has 2 fully saturated rings. The minimum Gasteiger partial charge on any atom is -0.444 e. The highest BCUT2D eigenvalue weighted by atomic mass is 16.6. The number of amides is 1. The van der Waals surface area contributed by atoms with Crippen molar-refractivity contribution < 1.29 is 14.3 Å². The normalized spacial score (nSPS) is 28.8. The molecular formula is C14H23NO3. The molecule has 102 valence electrons. The molecule has 4 nitrogen and oxygen atoms in total. The summed E-state index contributed by atoms with van der Waals surface area (Å²) < 4.78 is 5.44. The molecule has 1 aliphatic carbocycles. The molecule has 0 unspecified atom stereocenters. The van der Waals surface area contributed by atoms with Gasteiger partial charge < -0.3 is 9.64 Å². The summed E-state index contributed by atoms with van der Waals surface area (Å²) in [6, 6.07) is 0.0786. The van der Waals surface area contributed by atoms with Gasteiger partial charge in [-0.2, -0.15) is 0 Å². The molecule has 0 aromatic heterocycles. The third-order valence-electron chi connectivity index (χ3n) is 3.77. The van der Waals surface area contributed by atoms with E-state index in [1.165, 1.54) is 0 Å². The van der Waals surface area contributed by atoms with Gasteiger partial charge in [-0.15, -0.1) is 0 Å². The lowest BCUT2D eigenvalue weighted by atomic mass is 9.78. The van der Waals surface area contributed by atoms with E-state index in [1.807, 2.05) is 20.8 Å². The number of carbonyl (C=O) groups excluding carboxylic acids is 2. The zero-order valence-electron chi connectivity index (χ0n) is 11.6. The number of nitrogens with zero attached hydrogens (tertiary/aromatic N) is 1. The molecule has 1 heterocycles. The van der Waals surface area contributed by atoms with Gasteiger partial charge >= 0.3 is 6.09 Å².